The Morgan fingerprint density at radius 2 is 0.609 bits per heavy atom. The van der Waals surface area contributed by atoms with Crippen molar-refractivity contribution in [2.75, 3.05) is 0 Å². The van der Waals surface area contributed by atoms with Crippen molar-refractivity contribution in [1.82, 2.24) is 0 Å². The molecule has 0 fully saturated rings. The minimum atomic E-state index is -0.932. The number of hydrogen-bond acceptors (Lipinski definition) is 4. The van der Waals surface area contributed by atoms with Gasteiger partial charge in [-0.1, -0.05) is 77.0 Å². The fourth-order valence-corrected chi connectivity index (χ4v) is 2.66. The van der Waals surface area contributed by atoms with Crippen LogP contribution < -0.4 is 10.2 Å². The second kappa shape index (κ2) is 20.2. The van der Waals surface area contributed by atoms with Crippen LogP contribution in [0.15, 0.2) is 0 Å². The van der Waals surface area contributed by atoms with Crippen LogP contribution in [0.25, 0.3) is 0 Å². The van der Waals surface area contributed by atoms with E-state index in [1.807, 2.05) is 0 Å². The van der Waals surface area contributed by atoms with E-state index in [0.717, 1.165) is 38.5 Å². The summed E-state index contributed by atoms with van der Waals surface area (Å²) in [6.07, 6.45) is 16.3. The van der Waals surface area contributed by atoms with Gasteiger partial charge in [0.2, 0.25) is 0 Å². The summed E-state index contributed by atoms with van der Waals surface area (Å²) >= 11 is 0. The van der Waals surface area contributed by atoms with Crippen LogP contribution in [0.3, 0.4) is 0 Å². The van der Waals surface area contributed by atoms with Gasteiger partial charge in [0.05, 0.1) is 0 Å². The maximum atomic E-state index is 10.2. The van der Waals surface area contributed by atoms with Crippen LogP contribution in [0.4, 0.5) is 0 Å². The summed E-state index contributed by atoms with van der Waals surface area (Å²) in [5.74, 6) is -1.86. The van der Waals surface area contributed by atoms with Crippen molar-refractivity contribution in [2.45, 2.75) is 103 Å². The van der Waals surface area contributed by atoms with Gasteiger partial charge in [0.15, 0.2) is 0 Å². The SMILES string of the molecule is O=C([O-])CCCCCCCCCCCCCCCCC(=O)[O-].[Ca+2]. The Hall–Kier alpha value is 0.200. The number of hydrogen-bond donors (Lipinski definition) is 0. The van der Waals surface area contributed by atoms with E-state index in [4.69, 9.17) is 0 Å². The van der Waals surface area contributed by atoms with Crippen molar-refractivity contribution >= 4 is 49.7 Å². The van der Waals surface area contributed by atoms with Crippen molar-refractivity contribution in [2.24, 2.45) is 0 Å². The summed E-state index contributed by atoms with van der Waals surface area (Å²) in [6.45, 7) is 0. The number of aliphatic carboxylic acids is 2. The first-order valence-electron chi connectivity index (χ1n) is 9.02. The normalized spacial score (nSPS) is 10.3. The van der Waals surface area contributed by atoms with Crippen LogP contribution in [0.1, 0.15) is 103 Å². The first kappa shape index (κ1) is 25.4. The van der Waals surface area contributed by atoms with Gasteiger partial charge in [0.25, 0.3) is 0 Å². The number of unbranched alkanes of at least 4 members (excludes halogenated alkanes) is 13. The molecule has 0 aliphatic heterocycles. The molecule has 0 aliphatic carbocycles. The van der Waals surface area contributed by atoms with Crippen LogP contribution in [0, 0.1) is 0 Å². The van der Waals surface area contributed by atoms with Gasteiger partial charge >= 0.3 is 37.7 Å². The third-order valence-corrected chi connectivity index (χ3v) is 4.01. The van der Waals surface area contributed by atoms with Crippen molar-refractivity contribution in [3.05, 3.63) is 0 Å². The molecular weight excluding hydrogens is 320 g/mol. The van der Waals surface area contributed by atoms with Gasteiger partial charge in [-0.2, -0.15) is 0 Å². The number of carbonyl (C=O) groups excluding carboxylic acids is 2. The minimum Gasteiger partial charge on any atom is -0.550 e. The van der Waals surface area contributed by atoms with Crippen LogP contribution >= 0.6 is 0 Å². The van der Waals surface area contributed by atoms with Gasteiger partial charge in [-0.25, -0.2) is 0 Å². The Morgan fingerprint density at radius 1 is 0.435 bits per heavy atom. The second-order valence-corrected chi connectivity index (χ2v) is 6.19. The maximum absolute atomic E-state index is 10.2. The summed E-state index contributed by atoms with van der Waals surface area (Å²) < 4.78 is 0. The molecule has 0 N–H and O–H groups in total. The van der Waals surface area contributed by atoms with E-state index in [0.29, 0.717) is 0 Å². The standard InChI is InChI=1S/C18H34O4.Ca/c19-17(20)15-13-11-9-7-5-3-1-2-4-6-8-10-12-14-16-18(21)22;/h1-16H2,(H,19,20)(H,21,22);/q;+2/p-2. The Kier molecular flexibility index (Phi) is 22.4. The monoisotopic (exact) mass is 352 g/mol. The molecule has 0 spiro atoms. The summed E-state index contributed by atoms with van der Waals surface area (Å²) in [5.41, 5.74) is 0. The molecule has 0 radical (unpaired) electrons. The third-order valence-electron chi connectivity index (χ3n) is 4.01. The van der Waals surface area contributed by atoms with Gasteiger partial charge in [-0.3, -0.25) is 0 Å². The van der Waals surface area contributed by atoms with E-state index >= 15 is 0 Å². The van der Waals surface area contributed by atoms with Crippen molar-refractivity contribution in [3.63, 3.8) is 0 Å². The zero-order valence-electron chi connectivity index (χ0n) is 14.7. The molecular formula is C18H32CaO4. The Morgan fingerprint density at radius 3 is 0.783 bits per heavy atom. The predicted molar refractivity (Wildman–Crippen MR) is 89.6 cm³/mol. The molecule has 0 aromatic carbocycles. The summed E-state index contributed by atoms with van der Waals surface area (Å²) in [6, 6.07) is 0. The maximum Gasteiger partial charge on any atom is 2.00 e. The molecule has 0 saturated heterocycles. The predicted octanol–water partition coefficient (Wildman–Crippen LogP) is 2.35. The second-order valence-electron chi connectivity index (χ2n) is 6.19. The molecule has 0 aliphatic rings. The summed E-state index contributed by atoms with van der Waals surface area (Å²) in [5, 5.41) is 20.4. The minimum absolute atomic E-state index is 0. The first-order valence-corrected chi connectivity index (χ1v) is 9.02. The number of carbonyl (C=O) groups is 2. The van der Waals surface area contributed by atoms with E-state index in [-0.39, 0.29) is 50.6 Å². The molecule has 0 heterocycles. The molecule has 0 atom stereocenters. The van der Waals surface area contributed by atoms with Crippen LogP contribution in [-0.2, 0) is 9.59 Å². The third kappa shape index (κ3) is 24.6. The zero-order valence-corrected chi connectivity index (χ0v) is 16.9. The van der Waals surface area contributed by atoms with Crippen LogP contribution in [0.2, 0.25) is 0 Å². The molecule has 130 valence electrons. The van der Waals surface area contributed by atoms with E-state index in [2.05, 4.69) is 0 Å². The Balaban J connectivity index is 0. The molecule has 0 unspecified atom stereocenters. The Bertz CT molecular complexity index is 254. The van der Waals surface area contributed by atoms with Gasteiger partial charge in [0.1, 0.15) is 0 Å². The smallest absolute Gasteiger partial charge is 0.550 e. The quantitative estimate of drug-likeness (QED) is 0.297. The molecule has 4 nitrogen and oxygen atoms in total. The molecule has 5 heteroatoms. The van der Waals surface area contributed by atoms with Crippen LogP contribution in [-0.4, -0.2) is 49.7 Å². The fraction of sp³-hybridized carbons (Fsp3) is 0.889. The van der Waals surface area contributed by atoms with Crippen molar-refractivity contribution < 1.29 is 19.8 Å². The van der Waals surface area contributed by atoms with Gasteiger partial charge in [0, 0.05) is 11.9 Å². The molecule has 0 aromatic rings. The average Bonchev–Trinajstić information content (AvgIpc) is 2.46. The topological polar surface area (TPSA) is 80.3 Å². The van der Waals surface area contributed by atoms with E-state index in [9.17, 15) is 19.8 Å². The zero-order chi connectivity index (χ0) is 16.5. The fourth-order valence-electron chi connectivity index (χ4n) is 2.66. The molecule has 23 heavy (non-hydrogen) atoms. The number of carboxylic acid groups (broad SMARTS) is 2. The van der Waals surface area contributed by atoms with E-state index in [1.165, 1.54) is 51.4 Å². The Labute approximate surface area is 171 Å². The number of rotatable bonds is 17. The van der Waals surface area contributed by atoms with Gasteiger partial charge < -0.3 is 19.8 Å². The van der Waals surface area contributed by atoms with E-state index in [1.54, 1.807) is 0 Å². The molecule has 0 saturated carbocycles. The van der Waals surface area contributed by atoms with Crippen molar-refractivity contribution in [3.8, 4) is 0 Å². The van der Waals surface area contributed by atoms with E-state index < -0.39 is 11.9 Å². The van der Waals surface area contributed by atoms with Gasteiger partial charge in [-0.05, 0) is 25.7 Å². The largest absolute Gasteiger partial charge is 2.00 e. The summed E-state index contributed by atoms with van der Waals surface area (Å²) in [4.78, 5) is 20.4. The van der Waals surface area contributed by atoms with Crippen LogP contribution in [0.5, 0.6) is 0 Å². The molecule has 0 bridgehead atoms. The summed E-state index contributed by atoms with van der Waals surface area (Å²) in [7, 11) is 0. The molecule has 0 amide bonds. The molecule has 0 rings (SSSR count). The average molecular weight is 353 g/mol. The van der Waals surface area contributed by atoms with Crippen molar-refractivity contribution in [1.29, 1.82) is 0 Å². The molecule has 0 aromatic heterocycles. The first-order chi connectivity index (χ1) is 10.6. The van der Waals surface area contributed by atoms with Gasteiger partial charge in [-0.15, -0.1) is 0 Å². The number of carboxylic acids is 2.